The van der Waals surface area contributed by atoms with Gasteiger partial charge in [-0.3, -0.25) is 4.79 Å². The molecule has 0 aromatic carbocycles. The van der Waals surface area contributed by atoms with Crippen molar-refractivity contribution in [3.05, 3.63) is 0 Å². The second-order valence-corrected chi connectivity index (χ2v) is 2.31. The van der Waals surface area contributed by atoms with Gasteiger partial charge in [-0.15, -0.1) is 4.99 Å². The maximum absolute atomic E-state index is 10.4. The second kappa shape index (κ2) is 6.35. The van der Waals surface area contributed by atoms with Crippen molar-refractivity contribution in [2.24, 2.45) is 5.90 Å². The number of carboxylic acids is 2. The van der Waals surface area contributed by atoms with E-state index in [9.17, 15) is 9.59 Å². The summed E-state index contributed by atoms with van der Waals surface area (Å²) in [5.41, 5.74) is 0. The van der Waals surface area contributed by atoms with E-state index < -0.39 is 18.0 Å². The lowest BCUT2D eigenvalue weighted by atomic mass is 10.1. The van der Waals surface area contributed by atoms with Gasteiger partial charge < -0.3 is 10.2 Å². The fourth-order valence-electron chi connectivity index (χ4n) is 0.718. The van der Waals surface area contributed by atoms with Crippen LogP contribution in [0.15, 0.2) is 0 Å². The van der Waals surface area contributed by atoms with E-state index in [-0.39, 0.29) is 19.3 Å². The second-order valence-electron chi connectivity index (χ2n) is 2.31. The van der Waals surface area contributed by atoms with Crippen LogP contribution in [0.5, 0.6) is 0 Å². The molecule has 1 atom stereocenters. The highest BCUT2D eigenvalue weighted by Crippen LogP contribution is 2.05. The number of hydrogen-bond acceptors (Lipinski definition) is 5. The van der Waals surface area contributed by atoms with Gasteiger partial charge in [0.15, 0.2) is 6.10 Å². The van der Waals surface area contributed by atoms with Crippen molar-refractivity contribution in [1.82, 2.24) is 0 Å². The SMILES string of the molecule is NOOC(CCCC(=O)O)C(=O)O. The maximum atomic E-state index is 10.4. The van der Waals surface area contributed by atoms with Crippen LogP contribution in [0.25, 0.3) is 0 Å². The minimum Gasteiger partial charge on any atom is -0.481 e. The molecule has 0 saturated heterocycles. The Morgan fingerprint density at radius 2 is 2.00 bits per heavy atom. The molecule has 0 fully saturated rings. The molecule has 0 rings (SSSR count). The van der Waals surface area contributed by atoms with E-state index in [4.69, 9.17) is 10.2 Å². The number of nitrogens with two attached hydrogens (primary N) is 1. The molecule has 0 spiro atoms. The van der Waals surface area contributed by atoms with E-state index in [1.165, 1.54) is 0 Å². The van der Waals surface area contributed by atoms with Gasteiger partial charge in [0.05, 0.1) is 0 Å². The summed E-state index contributed by atoms with van der Waals surface area (Å²) < 4.78 is 0. The standard InChI is InChI=1S/C6H11NO6/c7-13-12-4(6(10)11)2-1-3-5(8)9/h4H,1-3,7H2,(H,8,9)(H,10,11). The van der Waals surface area contributed by atoms with Crippen molar-refractivity contribution < 1.29 is 29.7 Å². The first kappa shape index (κ1) is 11.8. The van der Waals surface area contributed by atoms with Gasteiger partial charge in [-0.05, 0) is 12.8 Å². The lowest BCUT2D eigenvalue weighted by Gasteiger charge is -2.08. The number of rotatable bonds is 7. The van der Waals surface area contributed by atoms with E-state index in [1.807, 2.05) is 0 Å². The van der Waals surface area contributed by atoms with Crippen LogP contribution in [-0.2, 0) is 19.5 Å². The van der Waals surface area contributed by atoms with Crippen LogP contribution in [-0.4, -0.2) is 28.3 Å². The van der Waals surface area contributed by atoms with Crippen LogP contribution in [0, 0.1) is 0 Å². The van der Waals surface area contributed by atoms with E-state index in [0.717, 1.165) is 0 Å². The van der Waals surface area contributed by atoms with Crippen LogP contribution in [0.3, 0.4) is 0 Å². The Hall–Kier alpha value is -1.18. The molecule has 1 unspecified atom stereocenters. The van der Waals surface area contributed by atoms with Crippen LogP contribution in [0.1, 0.15) is 19.3 Å². The lowest BCUT2D eigenvalue weighted by molar-refractivity contribution is -0.325. The summed E-state index contributed by atoms with van der Waals surface area (Å²) >= 11 is 0. The Bertz CT molecular complexity index is 182. The molecule has 0 aliphatic rings. The highest BCUT2D eigenvalue weighted by Gasteiger charge is 2.19. The molecule has 0 aliphatic heterocycles. The third kappa shape index (κ3) is 6.02. The molecule has 13 heavy (non-hydrogen) atoms. The van der Waals surface area contributed by atoms with Gasteiger partial charge >= 0.3 is 11.9 Å². The molecule has 7 heteroatoms. The maximum Gasteiger partial charge on any atom is 0.336 e. The van der Waals surface area contributed by atoms with Crippen LogP contribution < -0.4 is 5.90 Å². The zero-order valence-corrected chi connectivity index (χ0v) is 6.80. The average Bonchev–Trinajstić information content (AvgIpc) is 2.02. The minimum atomic E-state index is -1.24. The molecule has 0 radical (unpaired) electrons. The zero-order valence-electron chi connectivity index (χ0n) is 6.80. The highest BCUT2D eigenvalue weighted by molar-refractivity contribution is 5.72. The molecular weight excluding hydrogens is 182 g/mol. The van der Waals surface area contributed by atoms with E-state index in [0.29, 0.717) is 0 Å². The minimum absolute atomic E-state index is 0.0405. The number of hydrogen-bond donors (Lipinski definition) is 3. The zero-order chi connectivity index (χ0) is 10.3. The molecule has 0 bridgehead atoms. The molecule has 0 heterocycles. The quantitative estimate of drug-likeness (QED) is 0.369. The number of carbonyl (C=O) groups is 2. The first-order chi connectivity index (χ1) is 6.07. The van der Waals surface area contributed by atoms with E-state index in [1.54, 1.807) is 0 Å². The average molecular weight is 193 g/mol. The fraction of sp³-hybridized carbons (Fsp3) is 0.667. The molecule has 0 aromatic rings. The van der Waals surface area contributed by atoms with Crippen molar-refractivity contribution in [2.75, 3.05) is 0 Å². The number of aliphatic carboxylic acids is 2. The number of carboxylic acid groups (broad SMARTS) is 2. The topological polar surface area (TPSA) is 119 Å². The van der Waals surface area contributed by atoms with Crippen molar-refractivity contribution in [3.63, 3.8) is 0 Å². The smallest absolute Gasteiger partial charge is 0.336 e. The van der Waals surface area contributed by atoms with E-state index >= 15 is 0 Å². The Balaban J connectivity index is 3.69. The summed E-state index contributed by atoms with van der Waals surface area (Å²) in [6, 6.07) is 0. The third-order valence-electron chi connectivity index (χ3n) is 1.30. The summed E-state index contributed by atoms with van der Waals surface area (Å²) in [5, 5.41) is 16.7. The van der Waals surface area contributed by atoms with E-state index in [2.05, 4.69) is 15.8 Å². The Labute approximate surface area is 73.9 Å². The largest absolute Gasteiger partial charge is 0.481 e. The molecule has 4 N–H and O–H groups in total. The predicted molar refractivity (Wildman–Crippen MR) is 39.3 cm³/mol. The summed E-state index contributed by atoms with van der Waals surface area (Å²) in [6.07, 6.45) is -1.10. The Kier molecular flexibility index (Phi) is 5.77. The summed E-state index contributed by atoms with van der Waals surface area (Å²) in [6.45, 7) is 0. The molecule has 0 aliphatic carbocycles. The van der Waals surface area contributed by atoms with Crippen LogP contribution in [0.2, 0.25) is 0 Å². The van der Waals surface area contributed by atoms with Crippen molar-refractivity contribution in [3.8, 4) is 0 Å². The normalized spacial score (nSPS) is 12.4. The first-order valence-corrected chi connectivity index (χ1v) is 3.54. The highest BCUT2D eigenvalue weighted by atomic mass is 17.3. The van der Waals surface area contributed by atoms with Gasteiger partial charge in [0.25, 0.3) is 0 Å². The van der Waals surface area contributed by atoms with Crippen molar-refractivity contribution in [2.45, 2.75) is 25.4 Å². The predicted octanol–water partition coefficient (Wildman–Crippen LogP) is -0.484. The van der Waals surface area contributed by atoms with Crippen LogP contribution in [0.4, 0.5) is 0 Å². The summed E-state index contributed by atoms with van der Waals surface area (Å²) in [5.74, 6) is 2.27. The third-order valence-corrected chi connectivity index (χ3v) is 1.30. The van der Waals surface area contributed by atoms with Crippen molar-refractivity contribution in [1.29, 1.82) is 0 Å². The molecule has 7 nitrogen and oxygen atoms in total. The van der Waals surface area contributed by atoms with Crippen molar-refractivity contribution >= 4 is 11.9 Å². The van der Waals surface area contributed by atoms with Gasteiger partial charge in [0.2, 0.25) is 0 Å². The molecule has 0 aromatic heterocycles. The Morgan fingerprint density at radius 3 is 2.38 bits per heavy atom. The van der Waals surface area contributed by atoms with Gasteiger partial charge in [-0.2, -0.15) is 5.90 Å². The van der Waals surface area contributed by atoms with Crippen LogP contribution >= 0.6 is 0 Å². The monoisotopic (exact) mass is 193 g/mol. The first-order valence-electron chi connectivity index (χ1n) is 3.54. The molecular formula is C6H11NO6. The molecule has 76 valence electrons. The summed E-state index contributed by atoms with van der Waals surface area (Å²) in [7, 11) is 0. The van der Waals surface area contributed by atoms with Gasteiger partial charge in [0.1, 0.15) is 0 Å². The van der Waals surface area contributed by atoms with Gasteiger partial charge in [-0.1, -0.05) is 0 Å². The Morgan fingerprint density at radius 1 is 1.38 bits per heavy atom. The molecule has 0 amide bonds. The van der Waals surface area contributed by atoms with Gasteiger partial charge in [0, 0.05) is 6.42 Å². The van der Waals surface area contributed by atoms with Gasteiger partial charge in [-0.25, -0.2) is 9.68 Å². The summed E-state index contributed by atoms with van der Waals surface area (Å²) in [4.78, 5) is 28.3. The molecule has 0 saturated carbocycles. The lowest BCUT2D eigenvalue weighted by Crippen LogP contribution is -2.25. The fourth-order valence-corrected chi connectivity index (χ4v) is 0.718.